The molecule has 150 valence electrons. The van der Waals surface area contributed by atoms with Crippen molar-refractivity contribution >= 4 is 5.91 Å². The SMILES string of the molecule is CCn1cc(CN2CCN(C(=O)[C@@H]3COc4ccc(OC)cc4C3)CC2)cn1. The highest BCUT2D eigenvalue weighted by Gasteiger charge is 2.31. The summed E-state index contributed by atoms with van der Waals surface area (Å²) in [4.78, 5) is 17.4. The fraction of sp³-hybridized carbons (Fsp3) is 0.524. The summed E-state index contributed by atoms with van der Waals surface area (Å²) in [5.74, 6) is 1.75. The summed E-state index contributed by atoms with van der Waals surface area (Å²) in [5.41, 5.74) is 2.28. The highest BCUT2D eigenvalue weighted by Crippen LogP contribution is 2.31. The zero-order chi connectivity index (χ0) is 19.5. The summed E-state index contributed by atoms with van der Waals surface area (Å²) >= 11 is 0. The van der Waals surface area contributed by atoms with Crippen LogP contribution in [0.25, 0.3) is 0 Å². The molecule has 28 heavy (non-hydrogen) atoms. The summed E-state index contributed by atoms with van der Waals surface area (Å²) in [6.45, 7) is 7.63. The van der Waals surface area contributed by atoms with E-state index in [1.165, 1.54) is 5.56 Å². The maximum atomic E-state index is 13.0. The van der Waals surface area contributed by atoms with Crippen molar-refractivity contribution in [3.63, 3.8) is 0 Å². The first kappa shape index (κ1) is 18.8. The van der Waals surface area contributed by atoms with E-state index in [0.29, 0.717) is 13.0 Å². The molecule has 0 aliphatic carbocycles. The molecular weight excluding hydrogens is 356 g/mol. The zero-order valence-corrected chi connectivity index (χ0v) is 16.6. The molecule has 2 aliphatic heterocycles. The van der Waals surface area contributed by atoms with Gasteiger partial charge in [0.25, 0.3) is 0 Å². The molecule has 1 aromatic carbocycles. The molecule has 4 rings (SSSR count). The molecule has 0 unspecified atom stereocenters. The van der Waals surface area contributed by atoms with Crippen LogP contribution in [0.4, 0.5) is 0 Å². The lowest BCUT2D eigenvalue weighted by Crippen LogP contribution is -2.51. The number of aromatic nitrogens is 2. The Kier molecular flexibility index (Phi) is 5.52. The Bertz CT molecular complexity index is 827. The van der Waals surface area contributed by atoms with Gasteiger partial charge in [0.2, 0.25) is 5.91 Å². The van der Waals surface area contributed by atoms with Crippen molar-refractivity contribution in [1.82, 2.24) is 19.6 Å². The van der Waals surface area contributed by atoms with Crippen molar-refractivity contribution in [1.29, 1.82) is 0 Å². The fourth-order valence-corrected chi connectivity index (χ4v) is 3.96. The first-order valence-corrected chi connectivity index (χ1v) is 9.98. The first-order chi connectivity index (χ1) is 13.7. The molecule has 1 atom stereocenters. The van der Waals surface area contributed by atoms with E-state index in [4.69, 9.17) is 9.47 Å². The number of ether oxygens (including phenoxy) is 2. The standard InChI is InChI=1S/C21H28N4O3/c1-3-25-14-16(12-22-25)13-23-6-8-24(9-7-23)21(26)18-10-17-11-19(27-2)4-5-20(17)28-15-18/h4-5,11-12,14,18H,3,6-10,13,15H2,1-2H3/t18-/m0/s1. The summed E-state index contributed by atoms with van der Waals surface area (Å²) in [6.07, 6.45) is 4.75. The van der Waals surface area contributed by atoms with Gasteiger partial charge < -0.3 is 14.4 Å². The summed E-state index contributed by atoms with van der Waals surface area (Å²) < 4.78 is 13.1. The van der Waals surface area contributed by atoms with Crippen LogP contribution in [0.15, 0.2) is 30.6 Å². The first-order valence-electron chi connectivity index (χ1n) is 9.98. The molecule has 7 nitrogen and oxygen atoms in total. The molecule has 3 heterocycles. The third kappa shape index (κ3) is 3.99. The van der Waals surface area contributed by atoms with Gasteiger partial charge in [0.15, 0.2) is 0 Å². The number of methoxy groups -OCH3 is 1. The number of benzene rings is 1. The van der Waals surface area contributed by atoms with Crippen LogP contribution in [0, 0.1) is 5.92 Å². The Morgan fingerprint density at radius 3 is 2.82 bits per heavy atom. The van der Waals surface area contributed by atoms with Crippen molar-refractivity contribution < 1.29 is 14.3 Å². The molecule has 1 fully saturated rings. The number of amides is 1. The van der Waals surface area contributed by atoms with Gasteiger partial charge in [-0.2, -0.15) is 5.10 Å². The highest BCUT2D eigenvalue weighted by molar-refractivity contribution is 5.80. The van der Waals surface area contributed by atoms with Gasteiger partial charge in [-0.15, -0.1) is 0 Å². The predicted octanol–water partition coefficient (Wildman–Crippen LogP) is 1.81. The van der Waals surface area contributed by atoms with Crippen molar-refractivity contribution in [2.75, 3.05) is 39.9 Å². The van der Waals surface area contributed by atoms with Gasteiger partial charge >= 0.3 is 0 Å². The maximum Gasteiger partial charge on any atom is 0.229 e. The fourth-order valence-electron chi connectivity index (χ4n) is 3.96. The van der Waals surface area contributed by atoms with E-state index in [9.17, 15) is 4.79 Å². The smallest absolute Gasteiger partial charge is 0.229 e. The normalized spacial score (nSPS) is 19.8. The number of rotatable bonds is 5. The number of hydrogen-bond acceptors (Lipinski definition) is 5. The van der Waals surface area contributed by atoms with Gasteiger partial charge in [0.1, 0.15) is 18.1 Å². The van der Waals surface area contributed by atoms with Crippen molar-refractivity contribution in [2.24, 2.45) is 5.92 Å². The monoisotopic (exact) mass is 384 g/mol. The topological polar surface area (TPSA) is 59.8 Å². The molecule has 2 aromatic rings. The number of hydrogen-bond donors (Lipinski definition) is 0. The molecule has 1 saturated heterocycles. The Morgan fingerprint density at radius 2 is 2.11 bits per heavy atom. The van der Waals surface area contributed by atoms with Crippen molar-refractivity contribution in [3.05, 3.63) is 41.7 Å². The summed E-state index contributed by atoms with van der Waals surface area (Å²) in [5, 5.41) is 4.34. The zero-order valence-electron chi connectivity index (χ0n) is 16.6. The van der Waals surface area contributed by atoms with Gasteiger partial charge in [-0.05, 0) is 37.1 Å². The second-order valence-electron chi connectivity index (χ2n) is 7.49. The average Bonchev–Trinajstić information content (AvgIpc) is 3.20. The van der Waals surface area contributed by atoms with Crippen LogP contribution >= 0.6 is 0 Å². The number of nitrogens with zero attached hydrogens (tertiary/aromatic N) is 4. The minimum absolute atomic E-state index is 0.117. The van der Waals surface area contributed by atoms with E-state index in [-0.39, 0.29) is 11.8 Å². The van der Waals surface area contributed by atoms with Crippen molar-refractivity contribution in [3.8, 4) is 11.5 Å². The Hall–Kier alpha value is -2.54. The maximum absolute atomic E-state index is 13.0. The van der Waals surface area contributed by atoms with E-state index in [1.807, 2.05) is 34.0 Å². The van der Waals surface area contributed by atoms with Gasteiger partial charge in [-0.25, -0.2) is 0 Å². The molecule has 1 amide bonds. The third-order valence-corrected chi connectivity index (χ3v) is 5.62. The van der Waals surface area contributed by atoms with Crippen LogP contribution in [0.2, 0.25) is 0 Å². The number of carbonyl (C=O) groups is 1. The lowest BCUT2D eigenvalue weighted by molar-refractivity contribution is -0.138. The van der Waals surface area contributed by atoms with E-state index in [2.05, 4.69) is 23.1 Å². The van der Waals surface area contributed by atoms with Crippen LogP contribution < -0.4 is 9.47 Å². The van der Waals surface area contributed by atoms with Gasteiger partial charge in [0, 0.05) is 51.0 Å². The quantitative estimate of drug-likeness (QED) is 0.787. The molecule has 7 heteroatoms. The number of fused-ring (bicyclic) bond motifs is 1. The average molecular weight is 384 g/mol. The minimum Gasteiger partial charge on any atom is -0.497 e. The minimum atomic E-state index is -0.117. The van der Waals surface area contributed by atoms with Crippen LogP contribution in [0.5, 0.6) is 11.5 Å². The van der Waals surface area contributed by atoms with E-state index in [1.54, 1.807) is 7.11 Å². The highest BCUT2D eigenvalue weighted by atomic mass is 16.5. The van der Waals surface area contributed by atoms with E-state index >= 15 is 0 Å². The van der Waals surface area contributed by atoms with Crippen LogP contribution in [0.3, 0.4) is 0 Å². The molecule has 0 saturated carbocycles. The molecular formula is C21H28N4O3. The molecule has 0 bridgehead atoms. The molecule has 0 radical (unpaired) electrons. The number of aryl methyl sites for hydroxylation is 1. The van der Waals surface area contributed by atoms with Gasteiger partial charge in [-0.1, -0.05) is 0 Å². The summed E-state index contributed by atoms with van der Waals surface area (Å²) in [6, 6.07) is 5.79. The molecule has 0 spiro atoms. The lowest BCUT2D eigenvalue weighted by atomic mass is 9.95. The van der Waals surface area contributed by atoms with Gasteiger partial charge in [-0.3, -0.25) is 14.4 Å². The lowest BCUT2D eigenvalue weighted by Gasteiger charge is -2.37. The molecule has 1 aromatic heterocycles. The third-order valence-electron chi connectivity index (χ3n) is 5.62. The number of carbonyl (C=O) groups excluding carboxylic acids is 1. The van der Waals surface area contributed by atoms with E-state index in [0.717, 1.165) is 56.3 Å². The van der Waals surface area contributed by atoms with Crippen molar-refractivity contribution in [2.45, 2.75) is 26.4 Å². The predicted molar refractivity (Wildman–Crippen MR) is 105 cm³/mol. The molecule has 0 N–H and O–H groups in total. The summed E-state index contributed by atoms with van der Waals surface area (Å²) in [7, 11) is 1.65. The Morgan fingerprint density at radius 1 is 1.29 bits per heavy atom. The molecule has 2 aliphatic rings. The van der Waals surface area contributed by atoms with Crippen LogP contribution in [-0.4, -0.2) is 65.4 Å². The Balaban J connectivity index is 1.31. The number of piperazine rings is 1. The largest absolute Gasteiger partial charge is 0.497 e. The van der Waals surface area contributed by atoms with Crippen LogP contribution in [-0.2, 0) is 24.3 Å². The van der Waals surface area contributed by atoms with Crippen LogP contribution in [0.1, 0.15) is 18.1 Å². The second-order valence-corrected chi connectivity index (χ2v) is 7.49. The second kappa shape index (κ2) is 8.22. The van der Waals surface area contributed by atoms with Gasteiger partial charge in [0.05, 0.1) is 19.2 Å². The van der Waals surface area contributed by atoms with E-state index < -0.39 is 0 Å². The Labute approximate surface area is 165 Å².